The summed E-state index contributed by atoms with van der Waals surface area (Å²) in [5.74, 6) is -0.0152. The van der Waals surface area contributed by atoms with E-state index in [9.17, 15) is 14.4 Å². The first-order valence-electron chi connectivity index (χ1n) is 24.9. The monoisotopic (exact) mass is 793 g/mol. The SMILES string of the molecule is CCCCCCCCCCCCCCCCCC(=O)OC[C@H](COC(=O)CCCCCCCCC)OC(=O)CCCCCCCCCCCCCCCC(C)C. The molecule has 0 aliphatic heterocycles. The fraction of sp³-hybridized carbons (Fsp3) is 0.940. The summed E-state index contributed by atoms with van der Waals surface area (Å²) in [6.07, 6.45) is 45.3. The van der Waals surface area contributed by atoms with Gasteiger partial charge in [-0.1, -0.05) is 240 Å². The molecule has 56 heavy (non-hydrogen) atoms. The molecule has 0 heterocycles. The van der Waals surface area contributed by atoms with Crippen molar-refractivity contribution in [1.82, 2.24) is 0 Å². The number of carbonyl (C=O) groups is 3. The molecule has 0 saturated heterocycles. The van der Waals surface area contributed by atoms with Crippen LogP contribution in [0.25, 0.3) is 0 Å². The number of hydrogen-bond acceptors (Lipinski definition) is 6. The van der Waals surface area contributed by atoms with Gasteiger partial charge in [0.1, 0.15) is 13.2 Å². The van der Waals surface area contributed by atoms with E-state index in [-0.39, 0.29) is 31.1 Å². The Labute approximate surface area is 348 Å². The van der Waals surface area contributed by atoms with E-state index in [0.29, 0.717) is 19.3 Å². The number of esters is 3. The third-order valence-corrected chi connectivity index (χ3v) is 11.3. The molecule has 0 saturated carbocycles. The van der Waals surface area contributed by atoms with E-state index in [2.05, 4.69) is 27.7 Å². The summed E-state index contributed by atoms with van der Waals surface area (Å²) in [5.41, 5.74) is 0. The van der Waals surface area contributed by atoms with Crippen LogP contribution in [-0.4, -0.2) is 37.2 Å². The van der Waals surface area contributed by atoms with Crippen LogP contribution in [0, 0.1) is 5.92 Å². The highest BCUT2D eigenvalue weighted by Crippen LogP contribution is 2.17. The predicted molar refractivity (Wildman–Crippen MR) is 238 cm³/mol. The lowest BCUT2D eigenvalue weighted by atomic mass is 10.0. The van der Waals surface area contributed by atoms with Gasteiger partial charge in [-0.2, -0.15) is 0 Å². The van der Waals surface area contributed by atoms with Crippen LogP contribution in [0.4, 0.5) is 0 Å². The van der Waals surface area contributed by atoms with Crippen LogP contribution in [0.1, 0.15) is 278 Å². The molecule has 0 bridgehead atoms. The zero-order valence-electron chi connectivity index (χ0n) is 38.1. The Kier molecular flexibility index (Phi) is 43.2. The first-order valence-corrected chi connectivity index (χ1v) is 24.9. The Morgan fingerprint density at radius 1 is 0.339 bits per heavy atom. The molecule has 0 unspecified atom stereocenters. The standard InChI is InChI=1S/C50H96O6/c1-5-7-9-11-13-14-15-16-17-20-23-26-30-34-38-42-49(52)55-45-47(44-54-48(51)41-37-33-28-12-10-8-6-2)56-50(53)43-39-35-31-27-24-21-18-19-22-25-29-32-36-40-46(3)4/h46-47H,5-45H2,1-4H3/t47-/m0/s1. The van der Waals surface area contributed by atoms with Crippen molar-refractivity contribution in [3.05, 3.63) is 0 Å². The fourth-order valence-corrected chi connectivity index (χ4v) is 7.51. The molecule has 6 heteroatoms. The fourth-order valence-electron chi connectivity index (χ4n) is 7.51. The van der Waals surface area contributed by atoms with Gasteiger partial charge in [-0.25, -0.2) is 0 Å². The molecule has 0 amide bonds. The van der Waals surface area contributed by atoms with Gasteiger partial charge in [0.15, 0.2) is 6.10 Å². The van der Waals surface area contributed by atoms with Crippen LogP contribution >= 0.6 is 0 Å². The van der Waals surface area contributed by atoms with Crippen LogP contribution in [0.15, 0.2) is 0 Å². The van der Waals surface area contributed by atoms with Crippen molar-refractivity contribution < 1.29 is 28.6 Å². The average molecular weight is 793 g/mol. The van der Waals surface area contributed by atoms with Gasteiger partial charge in [0, 0.05) is 19.3 Å². The molecule has 0 aliphatic carbocycles. The van der Waals surface area contributed by atoms with Crippen LogP contribution in [0.3, 0.4) is 0 Å². The molecule has 0 aromatic rings. The van der Waals surface area contributed by atoms with Gasteiger partial charge in [0.05, 0.1) is 0 Å². The van der Waals surface area contributed by atoms with Crippen molar-refractivity contribution in [1.29, 1.82) is 0 Å². The topological polar surface area (TPSA) is 78.9 Å². The molecule has 0 aliphatic rings. The Bertz CT molecular complexity index is 841. The Balaban J connectivity index is 4.22. The molecule has 332 valence electrons. The van der Waals surface area contributed by atoms with Crippen LogP contribution < -0.4 is 0 Å². The second kappa shape index (κ2) is 44.5. The molecule has 0 rings (SSSR count). The zero-order valence-corrected chi connectivity index (χ0v) is 38.1. The average Bonchev–Trinajstić information content (AvgIpc) is 3.18. The summed E-state index contributed by atoms with van der Waals surface area (Å²) in [6, 6.07) is 0. The van der Waals surface area contributed by atoms with E-state index in [4.69, 9.17) is 14.2 Å². The zero-order chi connectivity index (χ0) is 41.0. The van der Waals surface area contributed by atoms with Crippen molar-refractivity contribution in [3.8, 4) is 0 Å². The highest BCUT2D eigenvalue weighted by molar-refractivity contribution is 5.71. The molecule has 0 spiro atoms. The summed E-state index contributed by atoms with van der Waals surface area (Å²) < 4.78 is 16.7. The van der Waals surface area contributed by atoms with Crippen molar-refractivity contribution in [2.75, 3.05) is 13.2 Å². The Morgan fingerprint density at radius 2 is 0.589 bits per heavy atom. The van der Waals surface area contributed by atoms with Crippen molar-refractivity contribution in [2.45, 2.75) is 284 Å². The van der Waals surface area contributed by atoms with Gasteiger partial charge in [-0.05, 0) is 25.2 Å². The molecule has 1 atom stereocenters. The number of rotatable bonds is 45. The van der Waals surface area contributed by atoms with Gasteiger partial charge in [-0.15, -0.1) is 0 Å². The Morgan fingerprint density at radius 3 is 0.875 bits per heavy atom. The smallest absolute Gasteiger partial charge is 0.306 e. The number of carbonyl (C=O) groups excluding carboxylic acids is 3. The molecule has 0 N–H and O–H groups in total. The lowest BCUT2D eigenvalue weighted by Crippen LogP contribution is -2.30. The van der Waals surface area contributed by atoms with Gasteiger partial charge >= 0.3 is 17.9 Å². The van der Waals surface area contributed by atoms with E-state index in [1.165, 1.54) is 173 Å². The van der Waals surface area contributed by atoms with Gasteiger partial charge in [-0.3, -0.25) is 14.4 Å². The van der Waals surface area contributed by atoms with Gasteiger partial charge in [0.2, 0.25) is 0 Å². The third kappa shape index (κ3) is 43.5. The third-order valence-electron chi connectivity index (χ3n) is 11.3. The van der Waals surface area contributed by atoms with Crippen molar-refractivity contribution in [3.63, 3.8) is 0 Å². The summed E-state index contributed by atoms with van der Waals surface area (Å²) in [7, 11) is 0. The largest absolute Gasteiger partial charge is 0.462 e. The van der Waals surface area contributed by atoms with Crippen LogP contribution in [0.5, 0.6) is 0 Å². The van der Waals surface area contributed by atoms with Gasteiger partial charge in [0.25, 0.3) is 0 Å². The first kappa shape index (κ1) is 54.4. The maximum Gasteiger partial charge on any atom is 0.306 e. The maximum absolute atomic E-state index is 12.7. The second-order valence-corrected chi connectivity index (χ2v) is 17.6. The lowest BCUT2D eigenvalue weighted by Gasteiger charge is -2.18. The lowest BCUT2D eigenvalue weighted by molar-refractivity contribution is -0.167. The van der Waals surface area contributed by atoms with Crippen molar-refractivity contribution >= 4 is 17.9 Å². The highest BCUT2D eigenvalue weighted by Gasteiger charge is 2.19. The quantitative estimate of drug-likeness (QED) is 0.0347. The number of hydrogen-bond donors (Lipinski definition) is 0. The molecule has 0 fully saturated rings. The van der Waals surface area contributed by atoms with E-state index < -0.39 is 6.10 Å². The minimum absolute atomic E-state index is 0.0633. The normalized spacial score (nSPS) is 11.9. The minimum atomic E-state index is -0.759. The van der Waals surface area contributed by atoms with E-state index >= 15 is 0 Å². The van der Waals surface area contributed by atoms with E-state index in [1.54, 1.807) is 0 Å². The Hall–Kier alpha value is -1.59. The number of ether oxygens (including phenoxy) is 3. The molecule has 0 radical (unpaired) electrons. The minimum Gasteiger partial charge on any atom is -0.462 e. The van der Waals surface area contributed by atoms with Gasteiger partial charge < -0.3 is 14.2 Å². The maximum atomic E-state index is 12.7. The molecule has 6 nitrogen and oxygen atoms in total. The van der Waals surface area contributed by atoms with Crippen LogP contribution in [-0.2, 0) is 28.6 Å². The number of unbranched alkanes of at least 4 members (excludes halogenated alkanes) is 32. The summed E-state index contributed by atoms with van der Waals surface area (Å²) in [6.45, 7) is 8.99. The summed E-state index contributed by atoms with van der Waals surface area (Å²) in [4.78, 5) is 37.7. The van der Waals surface area contributed by atoms with Crippen LogP contribution in [0.2, 0.25) is 0 Å². The first-order chi connectivity index (χ1) is 27.4. The highest BCUT2D eigenvalue weighted by atomic mass is 16.6. The van der Waals surface area contributed by atoms with Crippen molar-refractivity contribution in [2.24, 2.45) is 5.92 Å². The summed E-state index contributed by atoms with van der Waals surface area (Å²) >= 11 is 0. The molecular weight excluding hydrogens is 697 g/mol. The summed E-state index contributed by atoms with van der Waals surface area (Å²) in [5, 5.41) is 0. The molecule has 0 aromatic heterocycles. The van der Waals surface area contributed by atoms with E-state index in [0.717, 1.165) is 63.7 Å². The predicted octanol–water partition coefficient (Wildman–Crippen LogP) is 15.9. The van der Waals surface area contributed by atoms with E-state index in [1.807, 2.05) is 0 Å². The molecule has 0 aromatic carbocycles. The molecular formula is C50H96O6. The second-order valence-electron chi connectivity index (χ2n) is 17.6.